The molecule has 10 heteroatoms. The number of carbonyl (C=O) groups excluding carboxylic acids is 1. The number of fused-ring (bicyclic) bond motifs is 2. The minimum absolute atomic E-state index is 0.0910. The van der Waals surface area contributed by atoms with Crippen LogP contribution in [0, 0.1) is 13.8 Å². The summed E-state index contributed by atoms with van der Waals surface area (Å²) < 4.78 is 18.9. The molecule has 0 saturated heterocycles. The molecule has 60 heavy (non-hydrogen) atoms. The number of nitrogens with one attached hydrogen (secondary N) is 1. The highest BCUT2D eigenvalue weighted by Crippen LogP contribution is 2.42. The van der Waals surface area contributed by atoms with Crippen LogP contribution in [0.2, 0.25) is 5.02 Å². The van der Waals surface area contributed by atoms with Crippen molar-refractivity contribution in [2.24, 2.45) is 0 Å². The van der Waals surface area contributed by atoms with Crippen LogP contribution in [-0.2, 0) is 35.6 Å². The van der Waals surface area contributed by atoms with Gasteiger partial charge in [-0.2, -0.15) is 0 Å². The molecule has 0 aliphatic carbocycles. The minimum Gasteiger partial charge on any atom is -0.489 e. The second-order valence-corrected chi connectivity index (χ2v) is 16.0. The van der Waals surface area contributed by atoms with Crippen LogP contribution in [0.15, 0.2) is 128 Å². The molecule has 1 aromatic heterocycles. The fraction of sp³-hybridized carbons (Fsp3) is 0.260. The average molecular weight is 822 g/mol. The first-order valence-corrected chi connectivity index (χ1v) is 20.8. The minimum atomic E-state index is -1.12. The molecule has 1 amide bonds. The predicted molar refractivity (Wildman–Crippen MR) is 232 cm³/mol. The maximum absolute atomic E-state index is 14.4. The third-order valence-corrected chi connectivity index (χ3v) is 11.9. The number of nitrogens with zero attached hydrogens (tertiary/aromatic N) is 2. The van der Waals surface area contributed by atoms with Crippen LogP contribution in [-0.4, -0.2) is 45.6 Å². The standard InChI is InChI=1S/C50H48ClN3O6/c1-4-44(36-10-6-5-7-11-36)54-28-39-27-47-46(59-30-48(60-47)37-17-19-41(20-18-37)58-29-34-9-8-12-40(51)23-34)26-38(39)25-45(54)49(55)53-43(50(56)57)24-33-13-15-35(16-14-33)42-21-22-52-32(3)31(42)2/h5-23,26-27,43-45,48H,4,24-25,28-30H2,1-3H3,(H,53,55)(H,56,57)/t43-,44-,45-,48+/m0/s1. The van der Waals surface area contributed by atoms with E-state index in [9.17, 15) is 14.7 Å². The van der Waals surface area contributed by atoms with E-state index in [0.29, 0.717) is 42.7 Å². The Morgan fingerprint density at radius 2 is 1.67 bits per heavy atom. The highest BCUT2D eigenvalue weighted by Gasteiger charge is 2.39. The number of aryl methyl sites for hydroxylation is 1. The number of carboxylic acid groups (broad SMARTS) is 1. The van der Waals surface area contributed by atoms with Crippen LogP contribution in [0.1, 0.15) is 70.1 Å². The first-order valence-electron chi connectivity index (χ1n) is 20.4. The number of carbonyl (C=O) groups is 2. The Labute approximate surface area is 355 Å². The van der Waals surface area contributed by atoms with Crippen molar-refractivity contribution in [3.05, 3.63) is 177 Å². The zero-order valence-corrected chi connectivity index (χ0v) is 34.7. The van der Waals surface area contributed by atoms with Crippen LogP contribution < -0.4 is 19.5 Å². The Kier molecular flexibility index (Phi) is 12.2. The third kappa shape index (κ3) is 9.03. The fourth-order valence-electron chi connectivity index (χ4n) is 8.29. The van der Waals surface area contributed by atoms with E-state index in [2.05, 4.69) is 34.3 Å². The molecule has 2 N–H and O–H groups in total. The number of pyridine rings is 1. The van der Waals surface area contributed by atoms with Gasteiger partial charge in [-0.15, -0.1) is 0 Å². The number of rotatable bonds is 13. The summed E-state index contributed by atoms with van der Waals surface area (Å²) >= 11 is 6.13. The van der Waals surface area contributed by atoms with Crippen LogP contribution >= 0.6 is 11.6 Å². The largest absolute Gasteiger partial charge is 0.489 e. The maximum Gasteiger partial charge on any atom is 0.326 e. The average Bonchev–Trinajstić information content (AvgIpc) is 3.26. The molecule has 6 aromatic rings. The lowest BCUT2D eigenvalue weighted by molar-refractivity contribution is -0.143. The number of carboxylic acids is 1. The van der Waals surface area contributed by atoms with Crippen molar-refractivity contribution < 1.29 is 28.9 Å². The molecule has 2 aliphatic rings. The number of benzene rings is 5. The molecule has 0 bridgehead atoms. The molecule has 0 saturated carbocycles. The van der Waals surface area contributed by atoms with Crippen molar-refractivity contribution in [3.63, 3.8) is 0 Å². The number of ether oxygens (including phenoxy) is 3. The number of aliphatic carboxylic acids is 1. The summed E-state index contributed by atoms with van der Waals surface area (Å²) in [5.74, 6) is 0.603. The molecule has 0 radical (unpaired) electrons. The second kappa shape index (κ2) is 18.0. The normalized spacial score (nSPS) is 16.9. The van der Waals surface area contributed by atoms with E-state index < -0.39 is 18.1 Å². The number of aromatic nitrogens is 1. The Morgan fingerprint density at radius 1 is 0.900 bits per heavy atom. The van der Waals surface area contributed by atoms with Gasteiger partial charge in [-0.25, -0.2) is 4.79 Å². The van der Waals surface area contributed by atoms with Crippen molar-refractivity contribution in [2.75, 3.05) is 6.61 Å². The molecule has 9 nitrogen and oxygen atoms in total. The summed E-state index contributed by atoms with van der Waals surface area (Å²) in [4.78, 5) is 33.7. The summed E-state index contributed by atoms with van der Waals surface area (Å²) in [6, 6.07) is 37.6. The van der Waals surface area contributed by atoms with E-state index >= 15 is 0 Å². The monoisotopic (exact) mass is 821 g/mol. The Bertz CT molecular complexity index is 2480. The number of halogens is 1. The topological polar surface area (TPSA) is 110 Å². The Balaban J connectivity index is 0.998. The van der Waals surface area contributed by atoms with E-state index in [1.54, 1.807) is 6.20 Å². The molecule has 0 spiro atoms. The van der Waals surface area contributed by atoms with Crippen molar-refractivity contribution in [1.82, 2.24) is 15.2 Å². The first kappa shape index (κ1) is 40.6. The zero-order valence-electron chi connectivity index (χ0n) is 33.9. The van der Waals surface area contributed by atoms with E-state index in [1.807, 2.05) is 123 Å². The number of amides is 1. The molecule has 2 aliphatic heterocycles. The van der Waals surface area contributed by atoms with E-state index in [1.165, 1.54) is 0 Å². The van der Waals surface area contributed by atoms with Gasteiger partial charge in [0.2, 0.25) is 5.91 Å². The number of hydrogen-bond donors (Lipinski definition) is 2. The molecule has 4 atom stereocenters. The lowest BCUT2D eigenvalue weighted by Crippen LogP contribution is -2.55. The molecule has 306 valence electrons. The quantitative estimate of drug-likeness (QED) is 0.119. The Morgan fingerprint density at radius 3 is 2.40 bits per heavy atom. The van der Waals surface area contributed by atoms with Gasteiger partial charge in [0.25, 0.3) is 0 Å². The fourth-order valence-corrected chi connectivity index (χ4v) is 8.51. The first-order chi connectivity index (χ1) is 29.1. The van der Waals surface area contributed by atoms with Gasteiger partial charge in [0, 0.05) is 35.9 Å². The van der Waals surface area contributed by atoms with E-state index in [-0.39, 0.29) is 24.5 Å². The van der Waals surface area contributed by atoms with Crippen molar-refractivity contribution in [1.29, 1.82) is 0 Å². The van der Waals surface area contributed by atoms with Gasteiger partial charge >= 0.3 is 5.97 Å². The van der Waals surface area contributed by atoms with Crippen LogP contribution in [0.3, 0.4) is 0 Å². The SMILES string of the molecule is CC[C@@H](c1ccccc1)N1Cc2cc3c(cc2C[C@H]1C(=O)N[C@@H](Cc1ccc(-c2ccnc(C)c2C)cc1)C(=O)O)OC[C@H](c1ccc(OCc2cccc(Cl)c2)cc1)O3. The van der Waals surface area contributed by atoms with E-state index in [0.717, 1.165) is 67.9 Å². The van der Waals surface area contributed by atoms with Crippen molar-refractivity contribution >= 4 is 23.5 Å². The second-order valence-electron chi connectivity index (χ2n) is 15.6. The van der Waals surface area contributed by atoms with Crippen LogP contribution in [0.4, 0.5) is 0 Å². The molecular weight excluding hydrogens is 774 g/mol. The lowest BCUT2D eigenvalue weighted by atomic mass is 9.89. The highest BCUT2D eigenvalue weighted by molar-refractivity contribution is 6.30. The Hall–Kier alpha value is -6.16. The molecule has 0 fully saturated rings. The molecule has 5 aromatic carbocycles. The summed E-state index contributed by atoms with van der Waals surface area (Å²) in [5.41, 5.74) is 10.0. The van der Waals surface area contributed by atoms with Crippen LogP contribution in [0.25, 0.3) is 11.1 Å². The summed E-state index contributed by atoms with van der Waals surface area (Å²) in [5, 5.41) is 14.0. The van der Waals surface area contributed by atoms with Crippen LogP contribution in [0.5, 0.6) is 17.2 Å². The van der Waals surface area contributed by atoms with Crippen molar-refractivity contribution in [2.45, 2.75) is 77.4 Å². The number of hydrogen-bond acceptors (Lipinski definition) is 7. The van der Waals surface area contributed by atoms with Gasteiger partial charge in [-0.1, -0.05) is 97.4 Å². The van der Waals surface area contributed by atoms with Gasteiger partial charge in [0.1, 0.15) is 25.0 Å². The lowest BCUT2D eigenvalue weighted by Gasteiger charge is -2.42. The van der Waals surface area contributed by atoms with Crippen molar-refractivity contribution in [3.8, 4) is 28.4 Å². The summed E-state index contributed by atoms with van der Waals surface area (Å²) in [7, 11) is 0. The zero-order chi connectivity index (χ0) is 41.8. The predicted octanol–water partition coefficient (Wildman–Crippen LogP) is 9.80. The summed E-state index contributed by atoms with van der Waals surface area (Å²) in [6.45, 7) is 7.34. The highest BCUT2D eigenvalue weighted by atomic mass is 35.5. The molecule has 0 unspecified atom stereocenters. The van der Waals surface area contributed by atoms with Gasteiger partial charge in [0.05, 0.1) is 6.04 Å². The van der Waals surface area contributed by atoms with Gasteiger partial charge in [-0.05, 0) is 119 Å². The molecule has 8 rings (SSSR count). The summed E-state index contributed by atoms with van der Waals surface area (Å²) in [6.07, 6.45) is 2.75. The van der Waals surface area contributed by atoms with Gasteiger partial charge in [0.15, 0.2) is 17.6 Å². The smallest absolute Gasteiger partial charge is 0.326 e. The molecule has 3 heterocycles. The van der Waals surface area contributed by atoms with Gasteiger partial charge in [-0.3, -0.25) is 14.7 Å². The van der Waals surface area contributed by atoms with E-state index in [4.69, 9.17) is 25.8 Å². The molecular formula is C50H48ClN3O6. The third-order valence-electron chi connectivity index (χ3n) is 11.7. The maximum atomic E-state index is 14.4. The van der Waals surface area contributed by atoms with Gasteiger partial charge < -0.3 is 24.6 Å².